The summed E-state index contributed by atoms with van der Waals surface area (Å²) in [6, 6.07) is -1.15. The Morgan fingerprint density at radius 2 is 2.11 bits per heavy atom. The predicted octanol–water partition coefficient (Wildman–Crippen LogP) is -0.277. The lowest BCUT2D eigenvalue weighted by Crippen LogP contribution is -2.50. The van der Waals surface area contributed by atoms with E-state index in [4.69, 9.17) is 5.11 Å². The van der Waals surface area contributed by atoms with E-state index >= 15 is 0 Å². The molecule has 102 valence electrons. The molecule has 1 aliphatic rings. The van der Waals surface area contributed by atoms with Gasteiger partial charge in [0.25, 0.3) is 0 Å². The Morgan fingerprint density at radius 1 is 1.44 bits per heavy atom. The van der Waals surface area contributed by atoms with Gasteiger partial charge in [-0.3, -0.25) is 4.79 Å². The molecule has 0 aromatic rings. The first-order chi connectivity index (χ1) is 8.51. The second kappa shape index (κ2) is 6.23. The van der Waals surface area contributed by atoms with Gasteiger partial charge in [-0.2, -0.15) is 0 Å². The molecule has 0 aliphatic carbocycles. The maximum atomic E-state index is 12.2. The highest BCUT2D eigenvalue weighted by Crippen LogP contribution is 2.19. The number of carbonyl (C=O) groups is 3. The van der Waals surface area contributed by atoms with Gasteiger partial charge in [0.2, 0.25) is 5.91 Å². The lowest BCUT2D eigenvalue weighted by Gasteiger charge is -2.28. The van der Waals surface area contributed by atoms with Crippen molar-refractivity contribution in [2.24, 2.45) is 0 Å². The van der Waals surface area contributed by atoms with Crippen LogP contribution in [-0.4, -0.2) is 65.5 Å². The molecule has 7 nitrogen and oxygen atoms in total. The number of carbonyl (C=O) groups excluding carboxylic acids is 2. The molecule has 0 radical (unpaired) electrons. The monoisotopic (exact) mass is 257 g/mol. The number of rotatable bonds is 4. The van der Waals surface area contributed by atoms with Gasteiger partial charge in [-0.25, -0.2) is 9.59 Å². The van der Waals surface area contributed by atoms with Crippen molar-refractivity contribution >= 4 is 17.9 Å². The van der Waals surface area contributed by atoms with Gasteiger partial charge in [0.1, 0.15) is 12.6 Å². The first kappa shape index (κ1) is 14.3. The van der Waals surface area contributed by atoms with E-state index in [1.807, 2.05) is 0 Å². The minimum atomic E-state index is -0.989. The van der Waals surface area contributed by atoms with Crippen LogP contribution in [0.5, 0.6) is 0 Å². The van der Waals surface area contributed by atoms with E-state index in [0.29, 0.717) is 25.9 Å². The highest BCUT2D eigenvalue weighted by atomic mass is 16.4. The van der Waals surface area contributed by atoms with Gasteiger partial charge >= 0.3 is 12.0 Å². The molecule has 3 amide bonds. The standard InChI is InChI=1S/C11H19N3O4/c1-3-13(7-9(15)12-2)11(18)14-6-4-5-8(14)10(16)17/h8H,3-7H2,1-2H3,(H,12,15)(H,16,17)/t8-/m1/s1. The summed E-state index contributed by atoms with van der Waals surface area (Å²) in [5.41, 5.74) is 0. The molecule has 1 rings (SSSR count). The first-order valence-electron chi connectivity index (χ1n) is 6.00. The number of nitrogens with one attached hydrogen (secondary N) is 1. The summed E-state index contributed by atoms with van der Waals surface area (Å²) in [6.45, 7) is 2.51. The molecule has 2 N–H and O–H groups in total. The van der Waals surface area contributed by atoms with E-state index < -0.39 is 12.0 Å². The van der Waals surface area contributed by atoms with Gasteiger partial charge in [-0.05, 0) is 19.8 Å². The number of hydrogen-bond acceptors (Lipinski definition) is 3. The second-order valence-electron chi connectivity index (χ2n) is 4.16. The molecule has 0 aromatic heterocycles. The van der Waals surface area contributed by atoms with Crippen LogP contribution in [0.25, 0.3) is 0 Å². The zero-order valence-electron chi connectivity index (χ0n) is 10.7. The van der Waals surface area contributed by atoms with E-state index in [9.17, 15) is 14.4 Å². The molecule has 0 saturated carbocycles. The van der Waals surface area contributed by atoms with Crippen molar-refractivity contribution in [3.63, 3.8) is 0 Å². The molecule has 0 aromatic carbocycles. The Morgan fingerprint density at radius 3 is 2.61 bits per heavy atom. The van der Waals surface area contributed by atoms with Crippen LogP contribution in [0.3, 0.4) is 0 Å². The van der Waals surface area contributed by atoms with E-state index in [1.54, 1.807) is 6.92 Å². The van der Waals surface area contributed by atoms with Crippen molar-refractivity contribution < 1.29 is 19.5 Å². The van der Waals surface area contributed by atoms with E-state index in [1.165, 1.54) is 16.8 Å². The lowest BCUT2D eigenvalue weighted by atomic mass is 10.2. The van der Waals surface area contributed by atoms with Crippen molar-refractivity contribution in [3.05, 3.63) is 0 Å². The first-order valence-corrected chi connectivity index (χ1v) is 6.00. The molecular weight excluding hydrogens is 238 g/mol. The number of nitrogens with zero attached hydrogens (tertiary/aromatic N) is 2. The average Bonchev–Trinajstić information content (AvgIpc) is 2.83. The maximum Gasteiger partial charge on any atom is 0.326 e. The molecule has 1 aliphatic heterocycles. The molecule has 0 spiro atoms. The van der Waals surface area contributed by atoms with Crippen LogP contribution in [0.15, 0.2) is 0 Å². The predicted molar refractivity (Wildman–Crippen MR) is 64.1 cm³/mol. The van der Waals surface area contributed by atoms with Gasteiger partial charge in [0.15, 0.2) is 0 Å². The number of likely N-dealkylation sites (N-methyl/N-ethyl adjacent to an activating group) is 2. The summed E-state index contributed by atoms with van der Waals surface area (Å²) in [5, 5.41) is 11.5. The van der Waals surface area contributed by atoms with E-state index in [0.717, 1.165) is 0 Å². The number of urea groups is 1. The summed E-state index contributed by atoms with van der Waals surface area (Å²) >= 11 is 0. The third-order valence-corrected chi connectivity index (χ3v) is 3.05. The van der Waals surface area contributed by atoms with Gasteiger partial charge in [-0.15, -0.1) is 0 Å². The number of carboxylic acids is 1. The fourth-order valence-corrected chi connectivity index (χ4v) is 2.00. The summed E-state index contributed by atoms with van der Waals surface area (Å²) in [7, 11) is 1.50. The molecule has 0 bridgehead atoms. The molecular formula is C11H19N3O4. The Hall–Kier alpha value is -1.79. The molecule has 0 unspecified atom stereocenters. The smallest absolute Gasteiger partial charge is 0.326 e. The largest absolute Gasteiger partial charge is 0.480 e. The SMILES string of the molecule is CCN(CC(=O)NC)C(=O)N1CCC[C@@H]1C(=O)O. The van der Waals surface area contributed by atoms with Gasteiger partial charge in [0, 0.05) is 20.1 Å². The zero-order valence-corrected chi connectivity index (χ0v) is 10.7. The zero-order chi connectivity index (χ0) is 13.7. The third-order valence-electron chi connectivity index (χ3n) is 3.05. The summed E-state index contributed by atoms with van der Waals surface area (Å²) in [6.07, 6.45) is 1.15. The maximum absolute atomic E-state index is 12.2. The number of aliphatic carboxylic acids is 1. The van der Waals surface area contributed by atoms with Crippen LogP contribution in [0.4, 0.5) is 4.79 Å². The quantitative estimate of drug-likeness (QED) is 0.725. The lowest BCUT2D eigenvalue weighted by molar-refractivity contribution is -0.141. The van der Waals surface area contributed by atoms with Crippen molar-refractivity contribution in [1.29, 1.82) is 0 Å². The van der Waals surface area contributed by atoms with Gasteiger partial charge in [0.05, 0.1) is 0 Å². The van der Waals surface area contributed by atoms with Crippen LogP contribution in [0.2, 0.25) is 0 Å². The minimum Gasteiger partial charge on any atom is -0.480 e. The number of carboxylic acid groups (broad SMARTS) is 1. The van der Waals surface area contributed by atoms with Crippen LogP contribution in [0.1, 0.15) is 19.8 Å². The van der Waals surface area contributed by atoms with Crippen LogP contribution in [0, 0.1) is 0 Å². The topological polar surface area (TPSA) is 90.0 Å². The van der Waals surface area contributed by atoms with E-state index in [2.05, 4.69) is 5.32 Å². The van der Waals surface area contributed by atoms with Gasteiger partial charge < -0.3 is 20.2 Å². The molecule has 1 fully saturated rings. The molecule has 1 saturated heterocycles. The highest BCUT2D eigenvalue weighted by Gasteiger charge is 2.36. The van der Waals surface area contributed by atoms with Crippen LogP contribution >= 0.6 is 0 Å². The molecule has 7 heteroatoms. The highest BCUT2D eigenvalue weighted by molar-refractivity contribution is 5.87. The number of amides is 3. The Balaban J connectivity index is 2.71. The third kappa shape index (κ3) is 3.12. The second-order valence-corrected chi connectivity index (χ2v) is 4.16. The molecule has 1 heterocycles. The van der Waals surface area contributed by atoms with Crippen molar-refractivity contribution in [2.45, 2.75) is 25.8 Å². The van der Waals surface area contributed by atoms with E-state index in [-0.39, 0.29) is 18.5 Å². The minimum absolute atomic E-state index is 0.0470. The molecule has 1 atom stereocenters. The van der Waals surface area contributed by atoms with Gasteiger partial charge in [-0.1, -0.05) is 0 Å². The summed E-state index contributed by atoms with van der Waals surface area (Å²) in [4.78, 5) is 37.1. The van der Waals surface area contributed by atoms with Crippen molar-refractivity contribution in [2.75, 3.05) is 26.7 Å². The van der Waals surface area contributed by atoms with Crippen LogP contribution in [-0.2, 0) is 9.59 Å². The normalized spacial score (nSPS) is 18.6. The fourth-order valence-electron chi connectivity index (χ4n) is 2.00. The van der Waals surface area contributed by atoms with Crippen LogP contribution < -0.4 is 5.32 Å². The molecule has 18 heavy (non-hydrogen) atoms. The van der Waals surface area contributed by atoms with Crippen molar-refractivity contribution in [1.82, 2.24) is 15.1 Å². The van der Waals surface area contributed by atoms with Crippen molar-refractivity contribution in [3.8, 4) is 0 Å². The Labute approximate surface area is 106 Å². The average molecular weight is 257 g/mol. The Bertz CT molecular complexity index is 345. The Kier molecular flexibility index (Phi) is 4.94. The number of hydrogen-bond donors (Lipinski definition) is 2. The summed E-state index contributed by atoms with van der Waals surface area (Å²) in [5.74, 6) is -1.26. The summed E-state index contributed by atoms with van der Waals surface area (Å²) < 4.78 is 0. The number of likely N-dealkylation sites (tertiary alicyclic amines) is 1. The fraction of sp³-hybridized carbons (Fsp3) is 0.727.